The predicted octanol–water partition coefficient (Wildman–Crippen LogP) is 3.96. The number of benzene rings is 1. The number of aliphatic carboxylic acids is 2. The molecule has 3 atom stereocenters. The summed E-state index contributed by atoms with van der Waals surface area (Å²) < 4.78 is 76.8. The second-order valence-corrected chi connectivity index (χ2v) is 10.2. The van der Waals surface area contributed by atoms with Crippen LogP contribution < -0.4 is 16.0 Å². The summed E-state index contributed by atoms with van der Waals surface area (Å²) in [5.74, 6) is -6.19. The number of carbonyl (C=O) groups excluding carboxylic acids is 2. The highest BCUT2D eigenvalue weighted by Crippen LogP contribution is 2.23. The number of carboxylic acid groups (broad SMARTS) is 2. The van der Waals surface area contributed by atoms with Crippen LogP contribution in [0.5, 0.6) is 0 Å². The second kappa shape index (κ2) is 16.2. The molecule has 4 rings (SSSR count). The molecule has 1 saturated heterocycles. The summed E-state index contributed by atoms with van der Waals surface area (Å²) in [7, 11) is 0. The van der Waals surface area contributed by atoms with Crippen LogP contribution in [0.2, 0.25) is 5.02 Å². The van der Waals surface area contributed by atoms with Crippen molar-refractivity contribution in [3.63, 3.8) is 0 Å². The largest absolute Gasteiger partial charge is 0.490 e. The van der Waals surface area contributed by atoms with Crippen molar-refractivity contribution >= 4 is 46.3 Å². The van der Waals surface area contributed by atoms with Crippen LogP contribution in [0.1, 0.15) is 24.6 Å². The zero-order chi connectivity index (χ0) is 34.8. The number of rotatable bonds is 7. The van der Waals surface area contributed by atoms with E-state index in [0.717, 1.165) is 22.2 Å². The molecule has 3 aromatic rings. The first kappa shape index (κ1) is 37.7. The average Bonchev–Trinajstić information content (AvgIpc) is 3.60. The fourth-order valence-corrected chi connectivity index (χ4v) is 4.21. The molecule has 19 heteroatoms. The number of pyridine rings is 1. The molecule has 6 N–H and O–H groups in total. The van der Waals surface area contributed by atoms with E-state index < -0.39 is 36.2 Å². The van der Waals surface area contributed by atoms with Crippen LogP contribution >= 0.6 is 11.6 Å². The molecule has 0 bridgehead atoms. The van der Waals surface area contributed by atoms with E-state index in [1.807, 2.05) is 12.1 Å². The standard InChI is InChI=1S/C23H25ClFN5O2.2C2HF3O2/c1-13(22(31)28-12-17-9-16-11-26-5-4-20(16)30-17)29-23(32)21-8-15(10-27-21)6-14-2-3-19(25)18(24)7-14;2*3-2(4,5)1(6)7/h2-5,7,9,11,13,15,21,27,30H,6,8,10,12H2,1H3,(H,28,31)(H,29,32);2*(H,6,7)/t13-,15-,21+;;/m0../s1. The van der Waals surface area contributed by atoms with Crippen LogP contribution in [0, 0.1) is 11.7 Å². The third-order valence-electron chi connectivity index (χ3n) is 6.21. The van der Waals surface area contributed by atoms with Crippen molar-refractivity contribution in [1.29, 1.82) is 0 Å². The van der Waals surface area contributed by atoms with Gasteiger partial charge in [-0.2, -0.15) is 26.3 Å². The van der Waals surface area contributed by atoms with Gasteiger partial charge >= 0.3 is 24.3 Å². The summed E-state index contributed by atoms with van der Waals surface area (Å²) in [5, 5.41) is 24.2. The van der Waals surface area contributed by atoms with Crippen molar-refractivity contribution in [2.24, 2.45) is 5.92 Å². The lowest BCUT2D eigenvalue weighted by Crippen LogP contribution is -2.49. The van der Waals surface area contributed by atoms with Crippen LogP contribution in [0.15, 0.2) is 42.7 Å². The number of fused-ring (bicyclic) bond motifs is 1. The van der Waals surface area contributed by atoms with Crippen molar-refractivity contribution in [2.45, 2.75) is 50.7 Å². The SMILES string of the molecule is C[C@H](NC(=O)[C@H]1C[C@H](Cc2ccc(F)c(Cl)c2)CN1)C(=O)NCc1cc2cnccc2[nH]1.O=C(O)C(F)(F)F.O=C(O)C(F)(F)F. The van der Waals surface area contributed by atoms with Gasteiger partial charge in [-0.1, -0.05) is 17.7 Å². The van der Waals surface area contributed by atoms with Gasteiger partial charge in [0.25, 0.3) is 0 Å². The van der Waals surface area contributed by atoms with Gasteiger partial charge in [-0.15, -0.1) is 0 Å². The number of amides is 2. The Balaban J connectivity index is 0.000000440. The van der Waals surface area contributed by atoms with Gasteiger partial charge in [-0.25, -0.2) is 14.0 Å². The van der Waals surface area contributed by atoms with E-state index in [1.165, 1.54) is 6.07 Å². The third-order valence-corrected chi connectivity index (χ3v) is 6.50. The fraction of sp³-hybridized carbons (Fsp3) is 0.370. The summed E-state index contributed by atoms with van der Waals surface area (Å²) in [6.07, 6.45) is -5.37. The Morgan fingerprint density at radius 3 is 2.20 bits per heavy atom. The molecule has 3 heterocycles. The van der Waals surface area contributed by atoms with Crippen LogP contribution in [0.4, 0.5) is 30.7 Å². The zero-order valence-corrected chi connectivity index (χ0v) is 24.4. The number of carbonyl (C=O) groups is 4. The number of hydrogen-bond acceptors (Lipinski definition) is 6. The molecule has 252 valence electrons. The smallest absolute Gasteiger partial charge is 0.475 e. The van der Waals surface area contributed by atoms with E-state index >= 15 is 0 Å². The van der Waals surface area contributed by atoms with E-state index in [1.54, 1.807) is 31.5 Å². The highest BCUT2D eigenvalue weighted by Gasteiger charge is 2.39. The summed E-state index contributed by atoms with van der Waals surface area (Å²) >= 11 is 5.85. The molecule has 0 saturated carbocycles. The number of carboxylic acids is 2. The van der Waals surface area contributed by atoms with Gasteiger partial charge in [-0.05, 0) is 62.1 Å². The number of aromatic nitrogens is 2. The molecular formula is C27H27ClF7N5O6. The number of hydrogen-bond donors (Lipinski definition) is 6. The van der Waals surface area contributed by atoms with Crippen molar-refractivity contribution in [2.75, 3.05) is 6.54 Å². The summed E-state index contributed by atoms with van der Waals surface area (Å²) in [5.41, 5.74) is 2.75. The summed E-state index contributed by atoms with van der Waals surface area (Å²) in [6, 6.07) is 7.47. The Bertz CT molecular complexity index is 1480. The highest BCUT2D eigenvalue weighted by atomic mass is 35.5. The van der Waals surface area contributed by atoms with Crippen molar-refractivity contribution in [3.05, 3.63) is 64.8 Å². The fourth-order valence-electron chi connectivity index (χ4n) is 4.01. The molecule has 1 aliphatic rings. The number of nitrogens with one attached hydrogen (secondary N) is 4. The van der Waals surface area contributed by atoms with E-state index in [0.29, 0.717) is 25.9 Å². The maximum Gasteiger partial charge on any atom is 0.490 e. The van der Waals surface area contributed by atoms with Crippen LogP contribution in [-0.2, 0) is 32.1 Å². The minimum absolute atomic E-state index is 0.103. The molecule has 46 heavy (non-hydrogen) atoms. The maximum absolute atomic E-state index is 13.3. The first-order valence-corrected chi connectivity index (χ1v) is 13.4. The Kier molecular flexibility index (Phi) is 13.3. The van der Waals surface area contributed by atoms with E-state index in [-0.39, 0.29) is 28.8 Å². The molecule has 0 spiro atoms. The number of alkyl halides is 6. The normalized spacial score (nSPS) is 16.7. The van der Waals surface area contributed by atoms with Gasteiger partial charge in [0, 0.05) is 29.0 Å². The molecule has 1 aromatic carbocycles. The topological polar surface area (TPSA) is 174 Å². The zero-order valence-electron chi connectivity index (χ0n) is 23.6. The van der Waals surface area contributed by atoms with Crippen molar-refractivity contribution < 1.29 is 60.1 Å². The van der Waals surface area contributed by atoms with Gasteiger partial charge in [0.1, 0.15) is 11.9 Å². The number of aromatic amines is 1. The lowest BCUT2D eigenvalue weighted by atomic mass is 9.96. The van der Waals surface area contributed by atoms with Crippen LogP contribution in [0.3, 0.4) is 0 Å². The Morgan fingerprint density at radius 2 is 1.65 bits per heavy atom. The van der Waals surface area contributed by atoms with E-state index in [9.17, 15) is 40.3 Å². The molecular weight excluding hydrogens is 659 g/mol. The molecule has 0 unspecified atom stereocenters. The van der Waals surface area contributed by atoms with Gasteiger partial charge in [0.05, 0.1) is 17.6 Å². The van der Waals surface area contributed by atoms with E-state index in [2.05, 4.69) is 25.9 Å². The molecule has 2 aromatic heterocycles. The number of nitrogens with zero attached hydrogens (tertiary/aromatic N) is 1. The van der Waals surface area contributed by atoms with E-state index in [4.69, 9.17) is 31.4 Å². The lowest BCUT2D eigenvalue weighted by molar-refractivity contribution is -0.193. The molecule has 1 aliphatic heterocycles. The monoisotopic (exact) mass is 685 g/mol. The molecule has 1 fully saturated rings. The summed E-state index contributed by atoms with van der Waals surface area (Å²) in [6.45, 7) is 2.66. The van der Waals surface area contributed by atoms with Gasteiger partial charge in [0.15, 0.2) is 0 Å². The van der Waals surface area contributed by atoms with Crippen molar-refractivity contribution in [3.8, 4) is 0 Å². The van der Waals surface area contributed by atoms with Gasteiger partial charge < -0.3 is 31.1 Å². The molecule has 2 amide bonds. The second-order valence-electron chi connectivity index (χ2n) is 9.83. The average molecular weight is 686 g/mol. The molecule has 0 aliphatic carbocycles. The first-order valence-electron chi connectivity index (χ1n) is 13.0. The third kappa shape index (κ3) is 12.2. The summed E-state index contributed by atoms with van der Waals surface area (Å²) in [4.78, 5) is 50.1. The Hall–Kier alpha value is -4.45. The van der Waals surface area contributed by atoms with Gasteiger partial charge in [0.2, 0.25) is 11.8 Å². The molecule has 0 radical (unpaired) electrons. The predicted molar refractivity (Wildman–Crippen MR) is 148 cm³/mol. The quantitative estimate of drug-likeness (QED) is 0.203. The van der Waals surface area contributed by atoms with Crippen molar-refractivity contribution in [1.82, 2.24) is 25.9 Å². The minimum Gasteiger partial charge on any atom is -0.475 e. The minimum atomic E-state index is -5.08. The Morgan fingerprint density at radius 1 is 1.04 bits per heavy atom. The molecule has 11 nitrogen and oxygen atoms in total. The van der Waals surface area contributed by atoms with Crippen LogP contribution in [0.25, 0.3) is 10.9 Å². The Labute approximate surface area is 260 Å². The van der Waals surface area contributed by atoms with Gasteiger partial charge in [-0.3, -0.25) is 14.6 Å². The highest BCUT2D eigenvalue weighted by molar-refractivity contribution is 6.30. The van der Waals surface area contributed by atoms with Crippen LogP contribution in [-0.4, -0.2) is 74.9 Å². The number of halogens is 8. The maximum atomic E-state index is 13.3. The first-order chi connectivity index (χ1) is 21.3. The number of H-pyrrole nitrogens is 1. The lowest BCUT2D eigenvalue weighted by Gasteiger charge is -2.17.